The van der Waals surface area contributed by atoms with Crippen molar-refractivity contribution in [2.45, 2.75) is 26.3 Å². The monoisotopic (exact) mass is 414 g/mol. The van der Waals surface area contributed by atoms with Gasteiger partial charge in [0.05, 0.1) is 18.1 Å². The number of carbonyl (C=O) groups is 1. The Morgan fingerprint density at radius 2 is 2.07 bits per heavy atom. The molecule has 1 fully saturated rings. The number of allylic oxidation sites excluding steroid dienone is 2. The van der Waals surface area contributed by atoms with Crippen molar-refractivity contribution in [3.05, 3.63) is 57.9 Å². The molecule has 30 heavy (non-hydrogen) atoms. The highest BCUT2D eigenvalue weighted by Gasteiger charge is 2.36. The van der Waals surface area contributed by atoms with Gasteiger partial charge in [-0.05, 0) is 32.5 Å². The lowest BCUT2D eigenvalue weighted by molar-refractivity contribution is -0.139. The van der Waals surface area contributed by atoms with Crippen LogP contribution in [0.5, 0.6) is 0 Å². The second kappa shape index (κ2) is 9.28. The molecule has 7 nitrogen and oxygen atoms in total. The summed E-state index contributed by atoms with van der Waals surface area (Å²) in [7, 11) is 2.07. The molecule has 1 saturated heterocycles. The van der Waals surface area contributed by atoms with Gasteiger partial charge in [-0.3, -0.25) is 4.90 Å². The lowest BCUT2D eigenvalue weighted by Gasteiger charge is -2.32. The van der Waals surface area contributed by atoms with E-state index in [0.717, 1.165) is 26.2 Å². The lowest BCUT2D eigenvalue weighted by atomic mass is 9.82. The molecular weight excluding hydrogens is 387 g/mol. The zero-order chi connectivity index (χ0) is 21.8. The molecule has 3 rings (SSSR count). The molecule has 2 aliphatic heterocycles. The Kier molecular flexibility index (Phi) is 6.75. The van der Waals surface area contributed by atoms with Crippen molar-refractivity contribution in [2.75, 3.05) is 39.8 Å². The molecule has 2 aliphatic rings. The second-order valence-corrected chi connectivity index (χ2v) is 7.55. The summed E-state index contributed by atoms with van der Waals surface area (Å²) >= 11 is 0. The topological polar surface area (TPSA) is 91.8 Å². The molecule has 0 radical (unpaired) electrons. The molecule has 2 heterocycles. The van der Waals surface area contributed by atoms with Crippen molar-refractivity contribution in [2.24, 2.45) is 5.73 Å². The van der Waals surface area contributed by atoms with Gasteiger partial charge in [-0.2, -0.15) is 5.26 Å². The molecule has 0 amide bonds. The van der Waals surface area contributed by atoms with Crippen LogP contribution in [-0.2, 0) is 20.8 Å². The first-order valence-electron chi connectivity index (χ1n) is 10.00. The summed E-state index contributed by atoms with van der Waals surface area (Å²) < 4.78 is 25.5. The lowest BCUT2D eigenvalue weighted by Crippen LogP contribution is -2.44. The summed E-state index contributed by atoms with van der Waals surface area (Å²) in [5.41, 5.74) is 7.15. The second-order valence-electron chi connectivity index (χ2n) is 7.55. The molecule has 0 bridgehead atoms. The summed E-state index contributed by atoms with van der Waals surface area (Å²) in [5, 5.41) is 9.62. The van der Waals surface area contributed by atoms with E-state index in [9.17, 15) is 10.1 Å². The van der Waals surface area contributed by atoms with Crippen LogP contribution in [0.1, 0.15) is 30.9 Å². The van der Waals surface area contributed by atoms with Gasteiger partial charge in [0.2, 0.25) is 5.88 Å². The van der Waals surface area contributed by atoms with Gasteiger partial charge >= 0.3 is 5.97 Å². The maximum absolute atomic E-state index is 15.0. The first kappa shape index (κ1) is 21.8. The molecule has 0 spiro atoms. The summed E-state index contributed by atoms with van der Waals surface area (Å²) in [4.78, 5) is 17.0. The van der Waals surface area contributed by atoms with Crippen LogP contribution in [0.15, 0.2) is 41.0 Å². The highest BCUT2D eigenvalue weighted by atomic mass is 19.1. The van der Waals surface area contributed by atoms with Crippen LogP contribution in [0.4, 0.5) is 4.39 Å². The fourth-order valence-corrected chi connectivity index (χ4v) is 3.81. The molecule has 1 aromatic rings. The van der Waals surface area contributed by atoms with E-state index in [-0.39, 0.29) is 35.2 Å². The molecule has 2 N–H and O–H groups in total. The number of benzene rings is 1. The standard InChI is InChI=1S/C22H27FN4O3/c1-4-29-22(28)19-14(2)30-21(25)17(12-24)20(19)15-5-6-16(18(23)11-15)13-27-9-7-26(3)8-10-27/h5-6,11,20H,4,7-10,13,25H2,1-3H3. The number of piperazine rings is 1. The summed E-state index contributed by atoms with van der Waals surface area (Å²) in [6, 6.07) is 6.83. The number of nitrogens with two attached hydrogens (primary N) is 1. The average Bonchev–Trinajstić information content (AvgIpc) is 2.70. The van der Waals surface area contributed by atoms with Gasteiger partial charge in [-0.15, -0.1) is 0 Å². The molecule has 1 atom stereocenters. The average molecular weight is 414 g/mol. The van der Waals surface area contributed by atoms with Crippen molar-refractivity contribution in [3.8, 4) is 6.07 Å². The Morgan fingerprint density at radius 1 is 1.37 bits per heavy atom. The minimum Gasteiger partial charge on any atom is -0.463 e. The predicted octanol–water partition coefficient (Wildman–Crippen LogP) is 2.22. The number of carbonyl (C=O) groups excluding carboxylic acids is 1. The van der Waals surface area contributed by atoms with Crippen LogP contribution in [0.25, 0.3) is 0 Å². The van der Waals surface area contributed by atoms with Crippen LogP contribution < -0.4 is 5.73 Å². The number of rotatable bonds is 5. The van der Waals surface area contributed by atoms with Crippen LogP contribution >= 0.6 is 0 Å². The number of hydrogen-bond donors (Lipinski definition) is 1. The van der Waals surface area contributed by atoms with Crippen molar-refractivity contribution in [1.29, 1.82) is 5.26 Å². The normalized spacial score (nSPS) is 20.7. The van der Waals surface area contributed by atoms with Gasteiger partial charge in [0.15, 0.2) is 0 Å². The third kappa shape index (κ3) is 4.48. The van der Waals surface area contributed by atoms with Gasteiger partial charge in [0.25, 0.3) is 0 Å². The molecule has 0 aromatic heterocycles. The quantitative estimate of drug-likeness (QED) is 0.739. The number of esters is 1. The summed E-state index contributed by atoms with van der Waals surface area (Å²) in [5.74, 6) is -1.67. The van der Waals surface area contributed by atoms with Crippen molar-refractivity contribution in [1.82, 2.24) is 9.80 Å². The predicted molar refractivity (Wildman–Crippen MR) is 109 cm³/mol. The van der Waals surface area contributed by atoms with Crippen molar-refractivity contribution >= 4 is 5.97 Å². The largest absolute Gasteiger partial charge is 0.463 e. The van der Waals surface area contributed by atoms with Gasteiger partial charge in [0, 0.05) is 38.3 Å². The first-order valence-corrected chi connectivity index (χ1v) is 10.00. The van der Waals surface area contributed by atoms with Gasteiger partial charge in [-0.25, -0.2) is 9.18 Å². The van der Waals surface area contributed by atoms with E-state index in [4.69, 9.17) is 15.2 Å². The van der Waals surface area contributed by atoms with Gasteiger partial charge < -0.3 is 20.1 Å². The summed E-state index contributed by atoms with van der Waals surface area (Å²) in [6.45, 7) is 7.61. The Balaban J connectivity index is 1.93. The number of hydrogen-bond acceptors (Lipinski definition) is 7. The number of halogens is 1. The number of ether oxygens (including phenoxy) is 2. The highest BCUT2D eigenvalue weighted by molar-refractivity contribution is 5.92. The number of likely N-dealkylation sites (N-methyl/N-ethyl adjacent to an activating group) is 1. The van der Waals surface area contributed by atoms with Crippen molar-refractivity contribution < 1.29 is 18.7 Å². The fourth-order valence-electron chi connectivity index (χ4n) is 3.81. The highest BCUT2D eigenvalue weighted by Crippen LogP contribution is 2.40. The molecule has 8 heteroatoms. The third-order valence-corrected chi connectivity index (χ3v) is 5.50. The SMILES string of the molecule is CCOC(=O)C1=C(C)OC(N)=C(C#N)C1c1ccc(CN2CCN(C)CC2)c(F)c1. The Hall–Kier alpha value is -2.89. The van der Waals surface area contributed by atoms with Gasteiger partial charge in [-0.1, -0.05) is 12.1 Å². The maximum atomic E-state index is 15.0. The van der Waals surface area contributed by atoms with E-state index < -0.39 is 11.9 Å². The Bertz CT molecular complexity index is 927. The van der Waals surface area contributed by atoms with E-state index in [2.05, 4.69) is 16.8 Å². The minimum atomic E-state index is -0.838. The first-order chi connectivity index (χ1) is 14.3. The zero-order valence-corrected chi connectivity index (χ0v) is 17.6. The Morgan fingerprint density at radius 3 is 2.67 bits per heavy atom. The van der Waals surface area contributed by atoms with Crippen LogP contribution in [-0.4, -0.2) is 55.6 Å². The van der Waals surface area contributed by atoms with E-state index >= 15 is 4.39 Å². The van der Waals surface area contributed by atoms with Crippen LogP contribution in [0, 0.1) is 17.1 Å². The van der Waals surface area contributed by atoms with E-state index in [0.29, 0.717) is 17.7 Å². The molecular formula is C22H27FN4O3. The van der Waals surface area contributed by atoms with Crippen LogP contribution in [0.3, 0.4) is 0 Å². The van der Waals surface area contributed by atoms with Crippen LogP contribution in [0.2, 0.25) is 0 Å². The third-order valence-electron chi connectivity index (χ3n) is 5.50. The maximum Gasteiger partial charge on any atom is 0.338 e. The molecule has 160 valence electrons. The molecule has 1 aromatic carbocycles. The molecule has 0 aliphatic carbocycles. The number of nitrogens with zero attached hydrogens (tertiary/aromatic N) is 3. The fraction of sp³-hybridized carbons (Fsp3) is 0.455. The van der Waals surface area contributed by atoms with E-state index in [1.54, 1.807) is 26.0 Å². The summed E-state index contributed by atoms with van der Waals surface area (Å²) in [6.07, 6.45) is 0. The molecule has 0 saturated carbocycles. The Labute approximate surface area is 176 Å². The van der Waals surface area contributed by atoms with Gasteiger partial charge in [0.1, 0.15) is 23.2 Å². The van der Waals surface area contributed by atoms with Crippen molar-refractivity contribution in [3.63, 3.8) is 0 Å². The van der Waals surface area contributed by atoms with E-state index in [1.165, 1.54) is 6.07 Å². The minimum absolute atomic E-state index is 0.0647. The molecule has 1 unspecified atom stereocenters. The smallest absolute Gasteiger partial charge is 0.338 e. The number of nitriles is 1. The van der Waals surface area contributed by atoms with E-state index in [1.807, 2.05) is 6.07 Å². The zero-order valence-electron chi connectivity index (χ0n) is 17.6.